The molecule has 7 N–H and O–H groups in total. The van der Waals surface area contributed by atoms with Gasteiger partial charge in [-0.1, -0.05) is 148 Å². The maximum Gasteiger partial charge on any atom is 0.306 e. The zero-order valence-corrected chi connectivity index (χ0v) is 38.8. The largest absolute Gasteiger partial charge is 0.462 e. The van der Waals surface area contributed by atoms with Crippen molar-refractivity contribution in [3.63, 3.8) is 0 Å². The second-order valence-corrected chi connectivity index (χ2v) is 17.6. The fourth-order valence-electron chi connectivity index (χ4n) is 7.86. The molecule has 2 fully saturated rings. The molecule has 63 heavy (non-hydrogen) atoms. The van der Waals surface area contributed by atoms with Gasteiger partial charge in [0.15, 0.2) is 18.7 Å². The van der Waals surface area contributed by atoms with E-state index in [2.05, 4.69) is 26.0 Å². The number of aliphatic hydroxyl groups is 7. The van der Waals surface area contributed by atoms with Crippen LogP contribution in [0.15, 0.2) is 12.2 Å². The molecule has 2 aliphatic rings. The van der Waals surface area contributed by atoms with E-state index in [-0.39, 0.29) is 26.1 Å². The molecule has 370 valence electrons. The Labute approximate surface area is 378 Å². The van der Waals surface area contributed by atoms with E-state index in [1.807, 2.05) is 0 Å². The van der Waals surface area contributed by atoms with Crippen LogP contribution in [0.1, 0.15) is 187 Å². The van der Waals surface area contributed by atoms with Crippen LogP contribution in [0, 0.1) is 0 Å². The minimum atomic E-state index is -1.76. The van der Waals surface area contributed by atoms with Gasteiger partial charge < -0.3 is 64.2 Å². The SMILES string of the molecule is CCCCCCCC/C=C/CCCCCCCCCCCC(=O)OC[C@@H](CO[C@@H]1O[C@H](CO[C@@H]2O[C@H](CO)[C@H](O)C(O)C2O)[C@H](O)C(O)C1O)OC(=O)CCCCCCCCCC. The topological polar surface area (TPSA) is 231 Å². The Balaban J connectivity index is 1.76. The van der Waals surface area contributed by atoms with E-state index in [1.165, 1.54) is 109 Å². The average molecular weight is 905 g/mol. The van der Waals surface area contributed by atoms with Crippen LogP contribution in [-0.4, -0.2) is 142 Å². The van der Waals surface area contributed by atoms with E-state index in [9.17, 15) is 45.3 Å². The molecule has 0 spiro atoms. The molecule has 0 bridgehead atoms. The summed E-state index contributed by atoms with van der Waals surface area (Å²) in [5.74, 6) is -0.925. The lowest BCUT2D eigenvalue weighted by atomic mass is 9.98. The van der Waals surface area contributed by atoms with Crippen LogP contribution >= 0.6 is 0 Å². The lowest BCUT2D eigenvalue weighted by Crippen LogP contribution is -2.61. The lowest BCUT2D eigenvalue weighted by Gasteiger charge is -2.42. The van der Waals surface area contributed by atoms with Gasteiger partial charge in [-0.15, -0.1) is 0 Å². The van der Waals surface area contributed by atoms with Crippen molar-refractivity contribution in [2.75, 3.05) is 26.4 Å². The highest BCUT2D eigenvalue weighted by molar-refractivity contribution is 5.70. The van der Waals surface area contributed by atoms with Gasteiger partial charge in [-0.05, 0) is 38.5 Å². The third-order valence-electron chi connectivity index (χ3n) is 12.0. The molecular formula is C48H88O15. The minimum Gasteiger partial charge on any atom is -0.462 e. The normalized spacial score (nSPS) is 26.9. The van der Waals surface area contributed by atoms with Crippen molar-refractivity contribution in [2.45, 2.75) is 255 Å². The molecule has 0 saturated carbocycles. The molecule has 0 amide bonds. The molecule has 15 nitrogen and oxygen atoms in total. The van der Waals surface area contributed by atoms with E-state index >= 15 is 0 Å². The van der Waals surface area contributed by atoms with Crippen molar-refractivity contribution in [1.82, 2.24) is 0 Å². The van der Waals surface area contributed by atoms with Crippen LogP contribution in [0.4, 0.5) is 0 Å². The second-order valence-electron chi connectivity index (χ2n) is 17.6. The molecule has 0 aliphatic carbocycles. The Hall–Kier alpha value is -1.76. The quantitative estimate of drug-likeness (QED) is 0.0208. The summed E-state index contributed by atoms with van der Waals surface area (Å²) < 4.78 is 33.4. The number of carbonyl (C=O) groups excluding carboxylic acids is 2. The first kappa shape index (κ1) is 57.4. The molecule has 2 aliphatic heterocycles. The summed E-state index contributed by atoms with van der Waals surface area (Å²) in [7, 11) is 0. The van der Waals surface area contributed by atoms with Crippen LogP contribution in [0.3, 0.4) is 0 Å². The maximum atomic E-state index is 12.9. The fraction of sp³-hybridized carbons (Fsp3) is 0.917. The van der Waals surface area contributed by atoms with Gasteiger partial charge in [0.25, 0.3) is 0 Å². The van der Waals surface area contributed by atoms with E-state index in [4.69, 9.17) is 28.4 Å². The van der Waals surface area contributed by atoms with E-state index in [0.717, 1.165) is 38.5 Å². The van der Waals surface area contributed by atoms with Crippen molar-refractivity contribution in [3.05, 3.63) is 12.2 Å². The predicted molar refractivity (Wildman–Crippen MR) is 238 cm³/mol. The average Bonchev–Trinajstić information content (AvgIpc) is 3.28. The van der Waals surface area contributed by atoms with E-state index in [0.29, 0.717) is 12.8 Å². The first-order chi connectivity index (χ1) is 30.5. The minimum absolute atomic E-state index is 0.168. The highest BCUT2D eigenvalue weighted by atomic mass is 16.7. The molecule has 15 heteroatoms. The molecule has 2 rings (SSSR count). The fourth-order valence-corrected chi connectivity index (χ4v) is 7.86. The summed E-state index contributed by atoms with van der Waals surface area (Å²) in [6.45, 7) is 2.55. The van der Waals surface area contributed by atoms with Crippen LogP contribution in [-0.2, 0) is 38.0 Å². The Morgan fingerprint density at radius 1 is 0.492 bits per heavy atom. The summed E-state index contributed by atoms with van der Waals surface area (Å²) >= 11 is 0. The van der Waals surface area contributed by atoms with E-state index < -0.39 is 92.7 Å². The number of hydrogen-bond donors (Lipinski definition) is 7. The van der Waals surface area contributed by atoms with Crippen molar-refractivity contribution in [1.29, 1.82) is 0 Å². The molecule has 11 atom stereocenters. The first-order valence-corrected chi connectivity index (χ1v) is 24.8. The smallest absolute Gasteiger partial charge is 0.306 e. The monoisotopic (exact) mass is 905 g/mol. The van der Waals surface area contributed by atoms with Gasteiger partial charge >= 0.3 is 11.9 Å². The highest BCUT2D eigenvalue weighted by Crippen LogP contribution is 2.26. The molecule has 0 aromatic carbocycles. The Kier molecular flexibility index (Phi) is 33.1. The summed E-state index contributed by atoms with van der Waals surface area (Å²) in [5, 5.41) is 71.8. The molecule has 2 saturated heterocycles. The Morgan fingerprint density at radius 2 is 0.905 bits per heavy atom. The third kappa shape index (κ3) is 25.1. The van der Waals surface area contributed by atoms with Crippen molar-refractivity contribution < 1.29 is 73.8 Å². The highest BCUT2D eigenvalue weighted by Gasteiger charge is 2.47. The molecule has 0 aromatic heterocycles. The van der Waals surface area contributed by atoms with Gasteiger partial charge in [0, 0.05) is 12.8 Å². The number of rotatable bonds is 38. The zero-order chi connectivity index (χ0) is 46.1. The molecule has 0 radical (unpaired) electrons. The molecule has 0 aromatic rings. The van der Waals surface area contributed by atoms with Gasteiger partial charge in [0.05, 0.1) is 19.8 Å². The zero-order valence-electron chi connectivity index (χ0n) is 38.8. The number of esters is 2. The van der Waals surface area contributed by atoms with Gasteiger partial charge in [-0.2, -0.15) is 0 Å². The number of aliphatic hydroxyl groups excluding tert-OH is 7. The van der Waals surface area contributed by atoms with Gasteiger partial charge in [0.2, 0.25) is 0 Å². The molecular weight excluding hydrogens is 817 g/mol. The van der Waals surface area contributed by atoms with Crippen LogP contribution in [0.2, 0.25) is 0 Å². The van der Waals surface area contributed by atoms with Gasteiger partial charge in [-0.3, -0.25) is 9.59 Å². The summed E-state index contributed by atoms with van der Waals surface area (Å²) in [5.41, 5.74) is 0. The number of hydrogen-bond acceptors (Lipinski definition) is 15. The van der Waals surface area contributed by atoms with Crippen LogP contribution in [0.5, 0.6) is 0 Å². The lowest BCUT2D eigenvalue weighted by molar-refractivity contribution is -0.332. The third-order valence-corrected chi connectivity index (χ3v) is 12.0. The van der Waals surface area contributed by atoms with Crippen molar-refractivity contribution in [2.24, 2.45) is 0 Å². The van der Waals surface area contributed by atoms with Crippen LogP contribution in [0.25, 0.3) is 0 Å². The Bertz CT molecular complexity index is 1160. The summed E-state index contributed by atoms with van der Waals surface area (Å²) in [6.07, 6.45) is 17.0. The summed E-state index contributed by atoms with van der Waals surface area (Å²) in [4.78, 5) is 25.6. The van der Waals surface area contributed by atoms with Crippen LogP contribution < -0.4 is 0 Å². The van der Waals surface area contributed by atoms with E-state index in [1.54, 1.807) is 0 Å². The number of allylic oxidation sites excluding steroid dienone is 2. The number of ether oxygens (including phenoxy) is 6. The van der Waals surface area contributed by atoms with Gasteiger partial charge in [-0.25, -0.2) is 0 Å². The second kappa shape index (κ2) is 36.4. The summed E-state index contributed by atoms with van der Waals surface area (Å²) in [6, 6.07) is 0. The van der Waals surface area contributed by atoms with Gasteiger partial charge in [0.1, 0.15) is 55.4 Å². The molecule has 2 heterocycles. The molecule has 4 unspecified atom stereocenters. The first-order valence-electron chi connectivity index (χ1n) is 24.8. The number of unbranched alkanes of at least 4 members (excludes halogenated alkanes) is 22. The predicted octanol–water partition coefficient (Wildman–Crippen LogP) is 6.21. The Morgan fingerprint density at radius 3 is 1.40 bits per heavy atom. The van der Waals surface area contributed by atoms with Crippen molar-refractivity contribution in [3.8, 4) is 0 Å². The maximum absolute atomic E-state index is 12.9. The van der Waals surface area contributed by atoms with Crippen molar-refractivity contribution >= 4 is 11.9 Å². The standard InChI is InChI=1S/C48H88O15/c1-3-5-7-9-11-13-14-15-16-17-18-19-20-21-22-23-25-26-28-30-39(50)58-33-36(61-40(51)31-29-27-24-12-10-8-6-4-2)34-59-47-46(57)44(55)42(53)38(63-47)35-60-48-45(56)43(54)41(52)37(32-49)62-48/h15-16,36-38,41-49,52-57H,3-14,17-35H2,1-2H3/b16-15+/t36-,37+,38+,41-,42-,43?,44?,45?,46?,47+,48+/m0/s1. The number of carbonyl (C=O) groups is 2.